The summed E-state index contributed by atoms with van der Waals surface area (Å²) in [5, 5.41) is 4.59. The molecule has 0 saturated carbocycles. The molecule has 4 heteroatoms. The number of aromatic amines is 1. The van der Waals surface area contributed by atoms with Crippen molar-refractivity contribution in [1.82, 2.24) is 9.55 Å². The standard InChI is InChI=1S/C21H14N2O2/c1-23-10-13-14(11-23)20-21(25-17-9-5-4-8-16(17)24-20)19-18(13)12-6-2-3-7-15(12)22-19/h2-11,22H,1H3. The van der Waals surface area contributed by atoms with E-state index in [0.29, 0.717) is 0 Å². The van der Waals surface area contributed by atoms with Gasteiger partial charge in [-0.1, -0.05) is 30.3 Å². The van der Waals surface area contributed by atoms with E-state index in [1.807, 2.05) is 37.4 Å². The third kappa shape index (κ3) is 1.61. The van der Waals surface area contributed by atoms with Gasteiger partial charge in [0.05, 0.1) is 5.52 Å². The number of fused-ring (bicyclic) bond motifs is 9. The second-order valence-corrected chi connectivity index (χ2v) is 6.48. The number of benzene rings is 3. The van der Waals surface area contributed by atoms with Gasteiger partial charge in [0, 0.05) is 46.5 Å². The van der Waals surface area contributed by atoms with Gasteiger partial charge < -0.3 is 19.0 Å². The van der Waals surface area contributed by atoms with Crippen molar-refractivity contribution >= 4 is 32.6 Å². The average Bonchev–Trinajstić information content (AvgIpc) is 3.21. The van der Waals surface area contributed by atoms with Gasteiger partial charge in [-0.3, -0.25) is 0 Å². The van der Waals surface area contributed by atoms with Crippen molar-refractivity contribution < 1.29 is 9.47 Å². The summed E-state index contributed by atoms with van der Waals surface area (Å²) in [6.45, 7) is 0. The van der Waals surface area contributed by atoms with Crippen molar-refractivity contribution in [3.63, 3.8) is 0 Å². The molecule has 120 valence electrons. The highest BCUT2D eigenvalue weighted by molar-refractivity contribution is 6.24. The van der Waals surface area contributed by atoms with Crippen LogP contribution in [0.2, 0.25) is 0 Å². The van der Waals surface area contributed by atoms with Crippen molar-refractivity contribution in [2.45, 2.75) is 0 Å². The van der Waals surface area contributed by atoms with E-state index in [1.165, 1.54) is 10.8 Å². The zero-order valence-corrected chi connectivity index (χ0v) is 13.5. The zero-order chi connectivity index (χ0) is 16.5. The summed E-state index contributed by atoms with van der Waals surface area (Å²) >= 11 is 0. The minimum Gasteiger partial charge on any atom is -0.449 e. The van der Waals surface area contributed by atoms with E-state index in [-0.39, 0.29) is 0 Å². The van der Waals surface area contributed by atoms with Crippen molar-refractivity contribution in [2.24, 2.45) is 7.05 Å². The first-order valence-electron chi connectivity index (χ1n) is 8.26. The number of nitrogens with zero attached hydrogens (tertiary/aromatic N) is 1. The summed E-state index contributed by atoms with van der Waals surface area (Å²) in [6, 6.07) is 16.1. The van der Waals surface area contributed by atoms with Crippen molar-refractivity contribution in [1.29, 1.82) is 0 Å². The SMILES string of the molecule is Cn1cc2c3c(c4[nH]c5ccccc5c4c2c1)Oc1ccccc1O3. The lowest BCUT2D eigenvalue weighted by Crippen LogP contribution is -1.99. The van der Waals surface area contributed by atoms with E-state index in [2.05, 4.69) is 40.1 Å². The topological polar surface area (TPSA) is 39.2 Å². The molecule has 0 saturated heterocycles. The largest absolute Gasteiger partial charge is 0.449 e. The summed E-state index contributed by atoms with van der Waals surface area (Å²) < 4.78 is 14.6. The van der Waals surface area contributed by atoms with E-state index in [0.717, 1.165) is 44.8 Å². The molecule has 0 radical (unpaired) electrons. The first kappa shape index (κ1) is 13.0. The maximum absolute atomic E-state index is 6.27. The number of hydrogen-bond acceptors (Lipinski definition) is 2. The Morgan fingerprint density at radius 1 is 0.760 bits per heavy atom. The number of aromatic nitrogens is 2. The normalized spacial score (nSPS) is 12.8. The minimum absolute atomic E-state index is 0.741. The Morgan fingerprint density at radius 3 is 2.28 bits per heavy atom. The van der Waals surface area contributed by atoms with E-state index in [9.17, 15) is 0 Å². The summed E-state index contributed by atoms with van der Waals surface area (Å²) in [4.78, 5) is 3.52. The molecule has 6 rings (SSSR count). The van der Waals surface area contributed by atoms with Crippen LogP contribution in [0.3, 0.4) is 0 Å². The van der Waals surface area contributed by atoms with Gasteiger partial charge in [-0.2, -0.15) is 0 Å². The number of rotatable bonds is 0. The number of hydrogen-bond donors (Lipinski definition) is 1. The van der Waals surface area contributed by atoms with Crippen molar-refractivity contribution in [3.8, 4) is 23.0 Å². The minimum atomic E-state index is 0.741. The molecule has 2 aromatic heterocycles. The Hall–Kier alpha value is -3.40. The third-order valence-corrected chi connectivity index (χ3v) is 4.88. The number of ether oxygens (including phenoxy) is 2. The summed E-state index contributed by atoms with van der Waals surface area (Å²) in [6.07, 6.45) is 4.23. The highest BCUT2D eigenvalue weighted by atomic mass is 16.6. The molecule has 0 unspecified atom stereocenters. The monoisotopic (exact) mass is 326 g/mol. The van der Waals surface area contributed by atoms with Crippen LogP contribution >= 0.6 is 0 Å². The van der Waals surface area contributed by atoms with Gasteiger partial charge in [-0.25, -0.2) is 0 Å². The molecule has 5 aromatic rings. The first-order valence-corrected chi connectivity index (χ1v) is 8.26. The van der Waals surface area contributed by atoms with Crippen LogP contribution in [0, 0.1) is 0 Å². The van der Waals surface area contributed by atoms with Gasteiger partial charge in [0.15, 0.2) is 23.0 Å². The fourth-order valence-electron chi connectivity index (χ4n) is 3.83. The predicted octanol–water partition coefficient (Wildman–Crippen LogP) is 5.71. The molecule has 1 N–H and O–H groups in total. The number of nitrogens with one attached hydrogen (secondary N) is 1. The lowest BCUT2D eigenvalue weighted by atomic mass is 10.1. The second kappa shape index (κ2) is 4.36. The Bertz CT molecular complexity index is 1310. The van der Waals surface area contributed by atoms with Crippen LogP contribution in [-0.2, 0) is 7.05 Å². The predicted molar refractivity (Wildman–Crippen MR) is 98.9 cm³/mol. The molecular weight excluding hydrogens is 312 g/mol. The van der Waals surface area contributed by atoms with Crippen LogP contribution in [0.25, 0.3) is 32.6 Å². The van der Waals surface area contributed by atoms with E-state index < -0.39 is 0 Å². The molecule has 1 aliphatic rings. The van der Waals surface area contributed by atoms with E-state index >= 15 is 0 Å². The Labute approximate surface area is 143 Å². The van der Waals surface area contributed by atoms with Crippen LogP contribution in [0.1, 0.15) is 0 Å². The number of H-pyrrole nitrogens is 1. The molecule has 0 atom stereocenters. The maximum atomic E-state index is 6.27. The lowest BCUT2D eigenvalue weighted by molar-refractivity contribution is 0.366. The average molecular weight is 326 g/mol. The highest BCUT2D eigenvalue weighted by Crippen LogP contribution is 2.53. The quantitative estimate of drug-likeness (QED) is 0.388. The highest BCUT2D eigenvalue weighted by Gasteiger charge is 2.27. The molecule has 4 nitrogen and oxygen atoms in total. The Balaban J connectivity index is 1.83. The van der Waals surface area contributed by atoms with Crippen LogP contribution in [0.4, 0.5) is 0 Å². The van der Waals surface area contributed by atoms with Gasteiger partial charge >= 0.3 is 0 Å². The number of para-hydroxylation sites is 3. The molecule has 1 aliphatic heterocycles. The lowest BCUT2D eigenvalue weighted by Gasteiger charge is -2.21. The van der Waals surface area contributed by atoms with Crippen LogP contribution in [0.15, 0.2) is 60.9 Å². The maximum Gasteiger partial charge on any atom is 0.194 e. The first-order chi connectivity index (χ1) is 12.3. The summed E-state index contributed by atoms with van der Waals surface area (Å²) in [5.74, 6) is 3.01. The van der Waals surface area contributed by atoms with Gasteiger partial charge in [-0.05, 0) is 18.2 Å². The Kier molecular flexibility index (Phi) is 2.26. The van der Waals surface area contributed by atoms with Crippen LogP contribution in [-0.4, -0.2) is 9.55 Å². The van der Waals surface area contributed by atoms with Crippen molar-refractivity contribution in [2.75, 3.05) is 0 Å². The smallest absolute Gasteiger partial charge is 0.194 e. The molecule has 25 heavy (non-hydrogen) atoms. The fraction of sp³-hybridized carbons (Fsp3) is 0.0476. The molecule has 0 bridgehead atoms. The van der Waals surface area contributed by atoms with Gasteiger partial charge in [0.25, 0.3) is 0 Å². The van der Waals surface area contributed by atoms with Gasteiger partial charge in [0.2, 0.25) is 0 Å². The summed E-state index contributed by atoms with van der Waals surface area (Å²) in [7, 11) is 2.03. The molecule has 0 amide bonds. The van der Waals surface area contributed by atoms with Crippen LogP contribution in [0.5, 0.6) is 23.0 Å². The molecular formula is C21H14N2O2. The zero-order valence-electron chi connectivity index (χ0n) is 13.5. The van der Waals surface area contributed by atoms with E-state index in [4.69, 9.17) is 9.47 Å². The Morgan fingerprint density at radius 2 is 1.44 bits per heavy atom. The third-order valence-electron chi connectivity index (χ3n) is 4.88. The fourth-order valence-corrected chi connectivity index (χ4v) is 3.83. The van der Waals surface area contributed by atoms with Gasteiger partial charge in [-0.15, -0.1) is 0 Å². The van der Waals surface area contributed by atoms with Crippen LogP contribution < -0.4 is 9.47 Å². The second-order valence-electron chi connectivity index (χ2n) is 6.48. The van der Waals surface area contributed by atoms with Gasteiger partial charge in [0.1, 0.15) is 0 Å². The molecule has 3 heterocycles. The molecule has 0 spiro atoms. The number of aryl methyl sites for hydroxylation is 1. The molecule has 0 aliphatic carbocycles. The molecule has 3 aromatic carbocycles. The molecule has 0 fully saturated rings. The van der Waals surface area contributed by atoms with Crippen molar-refractivity contribution in [3.05, 3.63) is 60.9 Å². The van der Waals surface area contributed by atoms with E-state index in [1.54, 1.807) is 0 Å². The summed E-state index contributed by atoms with van der Waals surface area (Å²) in [5.41, 5.74) is 2.07.